The number of nitrogens with zero attached hydrogens (tertiary/aromatic N) is 2. The average molecular weight is 266 g/mol. The molecule has 0 aliphatic heterocycles. The maximum atomic E-state index is 5.48. The van der Waals surface area contributed by atoms with Gasteiger partial charge in [-0.25, -0.2) is 0 Å². The Kier molecular flexibility index (Phi) is 4.33. The zero-order valence-corrected chi connectivity index (χ0v) is 11.7. The van der Waals surface area contributed by atoms with E-state index in [4.69, 9.17) is 4.42 Å². The van der Waals surface area contributed by atoms with Gasteiger partial charge in [0.2, 0.25) is 5.89 Å². The Morgan fingerprint density at radius 2 is 2.17 bits per heavy atom. The van der Waals surface area contributed by atoms with Crippen LogP contribution in [0.25, 0.3) is 0 Å². The van der Waals surface area contributed by atoms with Crippen LogP contribution in [0.4, 0.5) is 6.01 Å². The van der Waals surface area contributed by atoms with Crippen molar-refractivity contribution in [3.8, 4) is 0 Å². The molecule has 0 aromatic carbocycles. The second-order valence-corrected chi connectivity index (χ2v) is 5.42. The third-order valence-corrected chi connectivity index (χ3v) is 3.52. The van der Waals surface area contributed by atoms with E-state index in [1.165, 1.54) is 10.4 Å². The van der Waals surface area contributed by atoms with Crippen molar-refractivity contribution in [2.75, 3.05) is 5.32 Å². The molecule has 0 atom stereocenters. The molecule has 0 unspecified atom stereocenters. The van der Waals surface area contributed by atoms with Crippen molar-refractivity contribution in [2.24, 2.45) is 0 Å². The van der Waals surface area contributed by atoms with E-state index in [0.29, 0.717) is 24.5 Å². The molecule has 2 N–H and O–H groups in total. The van der Waals surface area contributed by atoms with Gasteiger partial charge in [-0.15, -0.1) is 16.4 Å². The van der Waals surface area contributed by atoms with E-state index in [9.17, 15) is 0 Å². The maximum Gasteiger partial charge on any atom is 0.315 e. The van der Waals surface area contributed by atoms with Crippen LogP contribution in [0.15, 0.2) is 15.9 Å². The molecule has 2 heterocycles. The van der Waals surface area contributed by atoms with Crippen molar-refractivity contribution in [2.45, 2.75) is 39.9 Å². The number of thiophene rings is 1. The molecule has 0 aliphatic rings. The first kappa shape index (κ1) is 13.0. The largest absolute Gasteiger partial charge is 0.407 e. The highest BCUT2D eigenvalue weighted by molar-refractivity contribution is 7.10. The number of anilines is 1. The van der Waals surface area contributed by atoms with Crippen LogP contribution in [-0.2, 0) is 13.1 Å². The van der Waals surface area contributed by atoms with Crippen molar-refractivity contribution in [1.29, 1.82) is 0 Å². The van der Waals surface area contributed by atoms with Crippen LogP contribution in [0.3, 0.4) is 0 Å². The summed E-state index contributed by atoms with van der Waals surface area (Å²) in [6.45, 7) is 7.58. The van der Waals surface area contributed by atoms with Gasteiger partial charge < -0.3 is 15.1 Å². The fourth-order valence-electron chi connectivity index (χ4n) is 1.43. The van der Waals surface area contributed by atoms with E-state index in [2.05, 4.69) is 53.0 Å². The molecule has 0 aliphatic carbocycles. The quantitative estimate of drug-likeness (QED) is 0.841. The molecule has 0 spiro atoms. The summed E-state index contributed by atoms with van der Waals surface area (Å²) in [5.74, 6) is 0.606. The summed E-state index contributed by atoms with van der Waals surface area (Å²) in [4.78, 5) is 1.29. The van der Waals surface area contributed by atoms with E-state index in [1.54, 1.807) is 11.3 Å². The Labute approximate surface area is 111 Å². The summed E-state index contributed by atoms with van der Waals surface area (Å²) in [5.41, 5.74) is 1.29. The monoisotopic (exact) mass is 266 g/mol. The lowest BCUT2D eigenvalue weighted by molar-refractivity contribution is 0.458. The first-order valence-corrected chi connectivity index (χ1v) is 6.85. The lowest BCUT2D eigenvalue weighted by Crippen LogP contribution is -2.21. The fourth-order valence-corrected chi connectivity index (χ4v) is 2.27. The molecule has 98 valence electrons. The van der Waals surface area contributed by atoms with Gasteiger partial charge in [-0.2, -0.15) is 0 Å². The first-order chi connectivity index (χ1) is 8.65. The van der Waals surface area contributed by atoms with Crippen LogP contribution < -0.4 is 10.6 Å². The normalized spacial score (nSPS) is 11.1. The number of aromatic nitrogens is 2. The van der Waals surface area contributed by atoms with Crippen molar-refractivity contribution >= 4 is 17.4 Å². The van der Waals surface area contributed by atoms with Crippen LogP contribution in [0.1, 0.15) is 30.2 Å². The van der Waals surface area contributed by atoms with E-state index >= 15 is 0 Å². The SMILES string of the molecule is Cc1ccsc1CNc1nnc(CNC(C)C)o1. The Bertz CT molecular complexity index is 492. The van der Waals surface area contributed by atoms with Gasteiger partial charge in [0.1, 0.15) is 0 Å². The first-order valence-electron chi connectivity index (χ1n) is 5.97. The predicted molar refractivity (Wildman–Crippen MR) is 72.7 cm³/mol. The molecule has 0 fully saturated rings. The lowest BCUT2D eigenvalue weighted by Gasteiger charge is -2.03. The molecule has 6 heteroatoms. The van der Waals surface area contributed by atoms with E-state index < -0.39 is 0 Å². The number of nitrogens with one attached hydrogen (secondary N) is 2. The van der Waals surface area contributed by atoms with Gasteiger partial charge in [0.25, 0.3) is 0 Å². The van der Waals surface area contributed by atoms with E-state index in [1.807, 2.05) is 0 Å². The highest BCUT2D eigenvalue weighted by Gasteiger charge is 2.07. The summed E-state index contributed by atoms with van der Waals surface area (Å²) >= 11 is 1.73. The number of rotatable bonds is 6. The summed E-state index contributed by atoms with van der Waals surface area (Å²) in [6, 6.07) is 2.98. The number of hydrogen-bond acceptors (Lipinski definition) is 6. The van der Waals surface area contributed by atoms with Crippen molar-refractivity contribution in [3.63, 3.8) is 0 Å². The topological polar surface area (TPSA) is 63.0 Å². The molecule has 0 bridgehead atoms. The van der Waals surface area contributed by atoms with Crippen molar-refractivity contribution in [1.82, 2.24) is 15.5 Å². The van der Waals surface area contributed by atoms with Gasteiger partial charge >= 0.3 is 6.01 Å². The smallest absolute Gasteiger partial charge is 0.315 e. The Hall–Kier alpha value is -1.40. The minimum absolute atomic E-state index is 0.405. The van der Waals surface area contributed by atoms with Crippen LogP contribution in [0.5, 0.6) is 0 Å². The molecule has 2 aromatic heterocycles. The summed E-state index contributed by atoms with van der Waals surface area (Å²) in [6.07, 6.45) is 0. The molecule has 18 heavy (non-hydrogen) atoms. The van der Waals surface area contributed by atoms with Crippen molar-refractivity contribution in [3.05, 3.63) is 27.8 Å². The second-order valence-electron chi connectivity index (χ2n) is 4.42. The standard InChI is InChI=1S/C12H18N4OS/c1-8(2)13-7-11-15-16-12(17-11)14-6-10-9(3)4-5-18-10/h4-5,8,13H,6-7H2,1-3H3,(H,14,16). The molecule has 0 saturated carbocycles. The van der Waals surface area contributed by atoms with Gasteiger partial charge in [0.15, 0.2) is 0 Å². The third kappa shape index (κ3) is 3.54. The van der Waals surface area contributed by atoms with Gasteiger partial charge in [-0.1, -0.05) is 18.9 Å². The van der Waals surface area contributed by atoms with Gasteiger partial charge in [-0.05, 0) is 23.9 Å². The summed E-state index contributed by atoms with van der Waals surface area (Å²) in [5, 5.41) is 16.4. The zero-order valence-electron chi connectivity index (χ0n) is 10.9. The highest BCUT2D eigenvalue weighted by atomic mass is 32.1. The van der Waals surface area contributed by atoms with Crippen LogP contribution in [0.2, 0.25) is 0 Å². The summed E-state index contributed by atoms with van der Waals surface area (Å²) in [7, 11) is 0. The minimum Gasteiger partial charge on any atom is -0.407 e. The molecule has 0 radical (unpaired) electrons. The van der Waals surface area contributed by atoms with Crippen LogP contribution in [0, 0.1) is 6.92 Å². The Morgan fingerprint density at radius 3 is 2.83 bits per heavy atom. The van der Waals surface area contributed by atoms with Gasteiger partial charge in [0, 0.05) is 10.9 Å². The molecule has 0 amide bonds. The lowest BCUT2D eigenvalue weighted by atomic mass is 10.3. The second kappa shape index (κ2) is 5.97. The molecular weight excluding hydrogens is 248 g/mol. The number of hydrogen-bond donors (Lipinski definition) is 2. The predicted octanol–water partition coefficient (Wildman–Crippen LogP) is 2.55. The van der Waals surface area contributed by atoms with Gasteiger partial charge in [-0.3, -0.25) is 0 Å². The Morgan fingerprint density at radius 1 is 1.33 bits per heavy atom. The van der Waals surface area contributed by atoms with Gasteiger partial charge in [0.05, 0.1) is 13.1 Å². The van der Waals surface area contributed by atoms with E-state index in [0.717, 1.165) is 6.54 Å². The van der Waals surface area contributed by atoms with E-state index in [-0.39, 0.29) is 0 Å². The van der Waals surface area contributed by atoms with Crippen molar-refractivity contribution < 1.29 is 4.42 Å². The maximum absolute atomic E-state index is 5.48. The molecule has 5 nitrogen and oxygen atoms in total. The Balaban J connectivity index is 1.85. The third-order valence-electron chi connectivity index (χ3n) is 2.50. The molecule has 2 rings (SSSR count). The van der Waals surface area contributed by atoms with Crippen LogP contribution >= 0.6 is 11.3 Å². The molecule has 0 saturated heterocycles. The summed E-state index contributed by atoms with van der Waals surface area (Å²) < 4.78 is 5.48. The minimum atomic E-state index is 0.405. The fraction of sp³-hybridized carbons (Fsp3) is 0.500. The number of aryl methyl sites for hydroxylation is 1. The zero-order chi connectivity index (χ0) is 13.0. The average Bonchev–Trinajstić information content (AvgIpc) is 2.93. The molecule has 2 aromatic rings. The molecular formula is C12H18N4OS. The highest BCUT2D eigenvalue weighted by Crippen LogP contribution is 2.17. The van der Waals surface area contributed by atoms with Crippen LogP contribution in [-0.4, -0.2) is 16.2 Å².